The average Bonchev–Trinajstić information content (AvgIpc) is 2.84. The number of hydrogen-bond acceptors (Lipinski definition) is 4. The van der Waals surface area contributed by atoms with E-state index < -0.39 is 0 Å². The summed E-state index contributed by atoms with van der Waals surface area (Å²) in [5, 5.41) is 0. The van der Waals surface area contributed by atoms with E-state index in [-0.39, 0.29) is 0 Å². The van der Waals surface area contributed by atoms with Crippen molar-refractivity contribution in [2.75, 3.05) is 26.2 Å². The normalized spacial score (nSPS) is 25.9. The maximum Gasteiger partial charge on any atom is 0.0801 e. The van der Waals surface area contributed by atoms with Crippen molar-refractivity contribution in [2.45, 2.75) is 25.4 Å². The Hall–Kier alpha value is -1.23. The van der Waals surface area contributed by atoms with Crippen molar-refractivity contribution in [1.82, 2.24) is 14.8 Å². The number of piperidine rings is 1. The lowest BCUT2D eigenvalue weighted by Crippen LogP contribution is -2.37. The van der Waals surface area contributed by atoms with E-state index in [9.17, 15) is 0 Å². The van der Waals surface area contributed by atoms with E-state index in [1.807, 2.05) is 23.6 Å². The van der Waals surface area contributed by atoms with Gasteiger partial charge in [-0.05, 0) is 50.2 Å². The molecule has 0 aliphatic carbocycles. The minimum Gasteiger partial charge on any atom is -0.302 e. The maximum atomic E-state index is 4.45. The number of nitrogens with zero attached hydrogens (tertiary/aromatic N) is 3. The second kappa shape index (κ2) is 5.87. The Labute approximate surface area is 130 Å². The Balaban J connectivity index is 1.49. The molecule has 3 aliphatic heterocycles. The highest BCUT2D eigenvalue weighted by Crippen LogP contribution is 2.29. The van der Waals surface area contributed by atoms with Crippen LogP contribution in [0.15, 0.2) is 36.5 Å². The fourth-order valence-electron chi connectivity index (χ4n) is 3.48. The van der Waals surface area contributed by atoms with Gasteiger partial charge in [-0.15, -0.1) is 11.3 Å². The van der Waals surface area contributed by atoms with Crippen molar-refractivity contribution in [1.29, 1.82) is 0 Å². The summed E-state index contributed by atoms with van der Waals surface area (Å²) in [6.07, 6.45) is 4.56. The quantitative estimate of drug-likeness (QED) is 0.868. The van der Waals surface area contributed by atoms with Crippen LogP contribution in [0.25, 0.3) is 10.6 Å². The van der Waals surface area contributed by atoms with Crippen molar-refractivity contribution in [2.24, 2.45) is 0 Å². The van der Waals surface area contributed by atoms with Gasteiger partial charge in [0.15, 0.2) is 0 Å². The molecule has 3 aliphatic rings. The molecular formula is C17H21N3S. The first-order valence-electron chi connectivity index (χ1n) is 7.85. The van der Waals surface area contributed by atoms with Gasteiger partial charge in [-0.3, -0.25) is 9.88 Å². The minimum atomic E-state index is 0.796. The lowest BCUT2D eigenvalue weighted by atomic mass is 10.1. The van der Waals surface area contributed by atoms with Gasteiger partial charge in [0, 0.05) is 36.8 Å². The molecule has 3 nitrogen and oxygen atoms in total. The van der Waals surface area contributed by atoms with Gasteiger partial charge in [0.1, 0.15) is 0 Å². The number of fused-ring (bicyclic) bond motifs is 4. The standard InChI is InChI=1S/C17H21N3S/c1-2-8-18-16(3-1)17-5-4-15(21-17)13-20-12-11-19-9-6-14(20)7-10-19/h1-5,8,14H,6-7,9-13H2. The predicted octanol–water partition coefficient (Wildman–Crippen LogP) is 3.09. The van der Waals surface area contributed by atoms with Crippen LogP contribution in [0.5, 0.6) is 0 Å². The van der Waals surface area contributed by atoms with Crippen LogP contribution in [-0.4, -0.2) is 47.0 Å². The summed E-state index contributed by atoms with van der Waals surface area (Å²) >= 11 is 1.89. The van der Waals surface area contributed by atoms with E-state index in [1.165, 1.54) is 48.8 Å². The molecule has 5 heterocycles. The Morgan fingerprint density at radius 3 is 2.76 bits per heavy atom. The predicted molar refractivity (Wildman–Crippen MR) is 87.4 cm³/mol. The van der Waals surface area contributed by atoms with E-state index >= 15 is 0 Å². The summed E-state index contributed by atoms with van der Waals surface area (Å²) in [5.41, 5.74) is 1.09. The molecule has 0 saturated carbocycles. The third-order valence-corrected chi connectivity index (χ3v) is 5.81. The van der Waals surface area contributed by atoms with E-state index in [0.717, 1.165) is 18.3 Å². The van der Waals surface area contributed by atoms with Gasteiger partial charge in [-0.1, -0.05) is 6.07 Å². The van der Waals surface area contributed by atoms with Crippen LogP contribution in [0.3, 0.4) is 0 Å². The summed E-state index contributed by atoms with van der Waals surface area (Å²) in [4.78, 5) is 12.5. The van der Waals surface area contributed by atoms with Crippen LogP contribution in [0.1, 0.15) is 17.7 Å². The van der Waals surface area contributed by atoms with E-state index in [4.69, 9.17) is 0 Å². The average molecular weight is 299 g/mol. The van der Waals surface area contributed by atoms with Crippen LogP contribution < -0.4 is 0 Å². The fourth-order valence-corrected chi connectivity index (χ4v) is 4.49. The Morgan fingerprint density at radius 1 is 1.05 bits per heavy atom. The van der Waals surface area contributed by atoms with E-state index in [1.54, 1.807) is 0 Å². The smallest absolute Gasteiger partial charge is 0.0801 e. The highest BCUT2D eigenvalue weighted by atomic mass is 32.1. The van der Waals surface area contributed by atoms with Gasteiger partial charge in [0.05, 0.1) is 10.6 Å². The highest BCUT2D eigenvalue weighted by Gasteiger charge is 2.28. The topological polar surface area (TPSA) is 19.4 Å². The van der Waals surface area contributed by atoms with E-state index in [2.05, 4.69) is 39.0 Å². The van der Waals surface area contributed by atoms with Crippen LogP contribution in [0.2, 0.25) is 0 Å². The van der Waals surface area contributed by atoms with Crippen LogP contribution >= 0.6 is 11.3 Å². The molecule has 110 valence electrons. The van der Waals surface area contributed by atoms with Gasteiger partial charge < -0.3 is 4.90 Å². The molecule has 0 unspecified atom stereocenters. The fraction of sp³-hybridized carbons (Fsp3) is 0.471. The van der Waals surface area contributed by atoms with Crippen molar-refractivity contribution in [3.8, 4) is 10.6 Å². The first kappa shape index (κ1) is 13.4. The molecule has 2 aromatic heterocycles. The molecule has 0 N–H and O–H groups in total. The number of pyridine rings is 1. The van der Waals surface area contributed by atoms with Crippen LogP contribution in [-0.2, 0) is 6.54 Å². The molecule has 0 aromatic carbocycles. The summed E-state index contributed by atoms with van der Waals surface area (Å²) in [5.74, 6) is 0. The van der Waals surface area contributed by atoms with Crippen molar-refractivity contribution in [3.05, 3.63) is 41.4 Å². The molecule has 4 heteroatoms. The van der Waals surface area contributed by atoms with Crippen LogP contribution in [0.4, 0.5) is 0 Å². The lowest BCUT2D eigenvalue weighted by Gasteiger charge is -2.31. The van der Waals surface area contributed by atoms with Gasteiger partial charge in [0.2, 0.25) is 0 Å². The van der Waals surface area contributed by atoms with Crippen molar-refractivity contribution >= 4 is 11.3 Å². The zero-order chi connectivity index (χ0) is 14.1. The zero-order valence-corrected chi connectivity index (χ0v) is 13.1. The molecule has 2 bridgehead atoms. The molecule has 3 saturated heterocycles. The van der Waals surface area contributed by atoms with E-state index in [0.29, 0.717) is 0 Å². The molecule has 5 rings (SSSR count). The number of aromatic nitrogens is 1. The summed E-state index contributed by atoms with van der Waals surface area (Å²) in [6.45, 7) is 6.17. The van der Waals surface area contributed by atoms with Gasteiger partial charge >= 0.3 is 0 Å². The summed E-state index contributed by atoms with van der Waals surface area (Å²) < 4.78 is 0. The Bertz CT molecular complexity index is 587. The molecule has 0 spiro atoms. The third-order valence-electron chi connectivity index (χ3n) is 4.71. The molecule has 3 fully saturated rings. The third kappa shape index (κ3) is 2.89. The summed E-state index contributed by atoms with van der Waals surface area (Å²) in [6, 6.07) is 11.4. The second-order valence-electron chi connectivity index (χ2n) is 6.02. The highest BCUT2D eigenvalue weighted by molar-refractivity contribution is 7.15. The van der Waals surface area contributed by atoms with Crippen LogP contribution in [0, 0.1) is 0 Å². The Kier molecular flexibility index (Phi) is 3.76. The van der Waals surface area contributed by atoms with Gasteiger partial charge in [0.25, 0.3) is 0 Å². The lowest BCUT2D eigenvalue weighted by molar-refractivity contribution is 0.178. The monoisotopic (exact) mass is 299 g/mol. The Morgan fingerprint density at radius 2 is 1.95 bits per heavy atom. The zero-order valence-electron chi connectivity index (χ0n) is 12.2. The minimum absolute atomic E-state index is 0.796. The first-order valence-corrected chi connectivity index (χ1v) is 8.67. The molecule has 2 aromatic rings. The molecule has 0 atom stereocenters. The molecular weight excluding hydrogens is 278 g/mol. The van der Waals surface area contributed by atoms with Crippen molar-refractivity contribution < 1.29 is 0 Å². The van der Waals surface area contributed by atoms with Crippen molar-refractivity contribution in [3.63, 3.8) is 0 Å². The van der Waals surface area contributed by atoms with Gasteiger partial charge in [-0.2, -0.15) is 0 Å². The first-order chi connectivity index (χ1) is 10.4. The maximum absolute atomic E-state index is 4.45. The number of rotatable bonds is 3. The largest absolute Gasteiger partial charge is 0.302 e. The molecule has 21 heavy (non-hydrogen) atoms. The van der Waals surface area contributed by atoms with Gasteiger partial charge in [-0.25, -0.2) is 0 Å². The summed E-state index contributed by atoms with van der Waals surface area (Å²) in [7, 11) is 0. The number of thiophene rings is 1. The second-order valence-corrected chi connectivity index (χ2v) is 7.19. The SMILES string of the molecule is c1ccc(-c2ccc(CN3CCN4CCC3CC4)s2)nc1. The number of hydrogen-bond donors (Lipinski definition) is 0. The molecule has 0 amide bonds. The molecule has 0 radical (unpaired) electrons.